The summed E-state index contributed by atoms with van der Waals surface area (Å²) in [6.45, 7) is 1.03. The predicted molar refractivity (Wildman–Crippen MR) is 95.1 cm³/mol. The van der Waals surface area contributed by atoms with Gasteiger partial charge in [-0.05, 0) is 50.7 Å². The minimum atomic E-state index is -0.241. The molecule has 2 N–H and O–H groups in total. The lowest BCUT2D eigenvalue weighted by molar-refractivity contribution is -0.130. The van der Waals surface area contributed by atoms with Gasteiger partial charge in [0.05, 0.1) is 12.6 Å². The highest BCUT2D eigenvalue weighted by Crippen LogP contribution is 2.22. The molecule has 1 aliphatic carbocycles. The van der Waals surface area contributed by atoms with Gasteiger partial charge in [-0.2, -0.15) is 5.26 Å². The first-order valence-electron chi connectivity index (χ1n) is 8.84. The summed E-state index contributed by atoms with van der Waals surface area (Å²) in [4.78, 5) is 14.0. The molecule has 2 aliphatic rings. The first-order chi connectivity index (χ1) is 12.2. The number of nitriles is 1. The summed E-state index contributed by atoms with van der Waals surface area (Å²) >= 11 is 5.74. The van der Waals surface area contributed by atoms with Crippen LogP contribution in [0, 0.1) is 11.3 Å². The lowest BCUT2D eigenvalue weighted by atomic mass is 9.91. The summed E-state index contributed by atoms with van der Waals surface area (Å²) in [6.07, 6.45) is 5.77. The Kier molecular flexibility index (Phi) is 6.05. The summed E-state index contributed by atoms with van der Waals surface area (Å²) in [5.74, 6) is 0.785. The molecule has 1 saturated carbocycles. The molecule has 2 heterocycles. The minimum absolute atomic E-state index is 0.0423. The van der Waals surface area contributed by atoms with Crippen molar-refractivity contribution in [3.63, 3.8) is 0 Å². The van der Waals surface area contributed by atoms with Crippen LogP contribution in [-0.4, -0.2) is 52.2 Å². The van der Waals surface area contributed by atoms with Crippen molar-refractivity contribution >= 4 is 23.3 Å². The Balaban J connectivity index is 1.38. The molecule has 1 saturated heterocycles. The maximum Gasteiger partial charge on any atom is 0.237 e. The van der Waals surface area contributed by atoms with E-state index in [2.05, 4.69) is 26.9 Å². The maximum atomic E-state index is 12.3. The van der Waals surface area contributed by atoms with Gasteiger partial charge < -0.3 is 15.5 Å². The molecule has 3 rings (SSSR count). The van der Waals surface area contributed by atoms with Gasteiger partial charge in [0, 0.05) is 18.6 Å². The van der Waals surface area contributed by atoms with Crippen LogP contribution in [0.5, 0.6) is 0 Å². The number of nitrogens with zero attached hydrogens (tertiary/aromatic N) is 4. The van der Waals surface area contributed by atoms with E-state index >= 15 is 0 Å². The van der Waals surface area contributed by atoms with E-state index in [0.29, 0.717) is 30.3 Å². The molecule has 7 nitrogen and oxygen atoms in total. The normalized spacial score (nSPS) is 26.2. The van der Waals surface area contributed by atoms with Crippen molar-refractivity contribution in [2.75, 3.05) is 18.4 Å². The Hall–Kier alpha value is -1.91. The predicted octanol–water partition coefficient (Wildman–Crippen LogP) is 1.96. The number of halogens is 1. The van der Waals surface area contributed by atoms with Crippen LogP contribution in [0.3, 0.4) is 0 Å². The Morgan fingerprint density at radius 3 is 2.68 bits per heavy atom. The molecule has 25 heavy (non-hydrogen) atoms. The molecule has 0 spiro atoms. The maximum absolute atomic E-state index is 12.3. The number of hydrogen-bond donors (Lipinski definition) is 2. The van der Waals surface area contributed by atoms with E-state index in [-0.39, 0.29) is 11.9 Å². The van der Waals surface area contributed by atoms with Crippen LogP contribution in [0.4, 0.5) is 5.82 Å². The summed E-state index contributed by atoms with van der Waals surface area (Å²) < 4.78 is 0. The average Bonchev–Trinajstić information content (AvgIpc) is 3.12. The number of anilines is 1. The number of nitrogens with one attached hydrogen (secondary N) is 2. The second-order valence-corrected chi connectivity index (χ2v) is 7.08. The zero-order chi connectivity index (χ0) is 17.6. The molecular weight excluding hydrogens is 340 g/mol. The molecule has 0 radical (unpaired) electrons. The second-order valence-electron chi connectivity index (χ2n) is 6.69. The molecule has 0 unspecified atom stereocenters. The van der Waals surface area contributed by atoms with Crippen molar-refractivity contribution in [1.29, 1.82) is 5.26 Å². The summed E-state index contributed by atoms with van der Waals surface area (Å²) in [6, 6.07) is 6.25. The Labute approximate surface area is 152 Å². The molecule has 1 amide bonds. The average molecular weight is 363 g/mol. The van der Waals surface area contributed by atoms with Gasteiger partial charge in [0.15, 0.2) is 5.15 Å². The van der Waals surface area contributed by atoms with E-state index in [4.69, 9.17) is 16.9 Å². The van der Waals surface area contributed by atoms with Gasteiger partial charge in [-0.25, -0.2) is 0 Å². The summed E-state index contributed by atoms with van der Waals surface area (Å²) in [5, 5.41) is 24.1. The topological polar surface area (TPSA) is 93.9 Å². The number of aromatic nitrogens is 2. The zero-order valence-electron chi connectivity index (χ0n) is 14.1. The third-order valence-corrected chi connectivity index (χ3v) is 5.18. The van der Waals surface area contributed by atoms with Crippen LogP contribution >= 0.6 is 11.6 Å². The van der Waals surface area contributed by atoms with Crippen LogP contribution in [0.2, 0.25) is 5.15 Å². The van der Waals surface area contributed by atoms with Gasteiger partial charge in [0.1, 0.15) is 11.9 Å². The number of carbonyl (C=O) groups excluding carboxylic acids is 1. The first kappa shape index (κ1) is 17.9. The van der Waals surface area contributed by atoms with E-state index in [1.807, 2.05) is 6.07 Å². The van der Waals surface area contributed by atoms with E-state index in [9.17, 15) is 4.79 Å². The monoisotopic (exact) mass is 362 g/mol. The first-order valence-corrected chi connectivity index (χ1v) is 9.21. The number of amides is 1. The molecule has 1 aliphatic heterocycles. The van der Waals surface area contributed by atoms with Crippen molar-refractivity contribution in [1.82, 2.24) is 20.4 Å². The molecule has 134 valence electrons. The highest BCUT2D eigenvalue weighted by Gasteiger charge is 2.29. The zero-order valence-corrected chi connectivity index (χ0v) is 14.9. The van der Waals surface area contributed by atoms with Gasteiger partial charge in [0.2, 0.25) is 5.91 Å². The fourth-order valence-corrected chi connectivity index (χ4v) is 3.68. The second kappa shape index (κ2) is 8.45. The molecule has 1 atom stereocenters. The number of rotatable bonds is 5. The molecular formula is C17H23ClN6O. The molecule has 0 bridgehead atoms. The third kappa shape index (κ3) is 4.80. The van der Waals surface area contributed by atoms with E-state index < -0.39 is 0 Å². The number of hydrogen-bond acceptors (Lipinski definition) is 6. The third-order valence-electron chi connectivity index (χ3n) is 4.98. The van der Waals surface area contributed by atoms with E-state index in [0.717, 1.165) is 44.3 Å². The van der Waals surface area contributed by atoms with E-state index in [1.54, 1.807) is 11.0 Å². The lowest BCUT2D eigenvalue weighted by Gasteiger charge is -2.30. The molecule has 8 heteroatoms. The Morgan fingerprint density at radius 1 is 1.24 bits per heavy atom. The van der Waals surface area contributed by atoms with Crippen LogP contribution in [0.1, 0.15) is 38.5 Å². The largest absolute Gasteiger partial charge is 0.366 e. The highest BCUT2D eigenvalue weighted by atomic mass is 35.5. The van der Waals surface area contributed by atoms with Crippen LogP contribution < -0.4 is 10.6 Å². The Bertz CT molecular complexity index is 623. The van der Waals surface area contributed by atoms with Crippen molar-refractivity contribution in [3.8, 4) is 6.07 Å². The molecule has 2 fully saturated rings. The van der Waals surface area contributed by atoms with Crippen molar-refractivity contribution in [3.05, 3.63) is 17.3 Å². The highest BCUT2D eigenvalue weighted by molar-refractivity contribution is 6.29. The van der Waals surface area contributed by atoms with Gasteiger partial charge in [0.25, 0.3) is 0 Å². The van der Waals surface area contributed by atoms with Crippen molar-refractivity contribution in [2.24, 2.45) is 0 Å². The van der Waals surface area contributed by atoms with Gasteiger partial charge in [-0.3, -0.25) is 4.79 Å². The smallest absolute Gasteiger partial charge is 0.237 e. The van der Waals surface area contributed by atoms with Crippen LogP contribution in [0.25, 0.3) is 0 Å². The fourth-order valence-electron chi connectivity index (χ4n) is 3.58. The van der Waals surface area contributed by atoms with Gasteiger partial charge >= 0.3 is 0 Å². The van der Waals surface area contributed by atoms with Gasteiger partial charge in [-0.15, -0.1) is 10.2 Å². The SMILES string of the molecule is N#C[C@@H]1CCCN1C(=O)CNC1CCC(Nc2ccc(Cl)nn2)CC1. The molecule has 1 aromatic heterocycles. The number of likely N-dealkylation sites (tertiary alicyclic amines) is 1. The Morgan fingerprint density at radius 2 is 2.00 bits per heavy atom. The number of carbonyl (C=O) groups is 1. The van der Waals surface area contributed by atoms with Crippen LogP contribution in [-0.2, 0) is 4.79 Å². The summed E-state index contributed by atoms with van der Waals surface area (Å²) in [7, 11) is 0. The quantitative estimate of drug-likeness (QED) is 0.831. The van der Waals surface area contributed by atoms with E-state index in [1.165, 1.54) is 0 Å². The molecule has 1 aromatic rings. The molecule has 0 aromatic carbocycles. The summed E-state index contributed by atoms with van der Waals surface area (Å²) in [5.41, 5.74) is 0. The standard InChI is InChI=1S/C17H23ClN6O/c18-15-7-8-16(23-22-15)21-13-5-3-12(4-6-13)20-11-17(25)24-9-1-2-14(24)10-19/h7-8,12-14,20H,1-6,9,11H2,(H,21,23)/t12?,13?,14-/m0/s1. The van der Waals surface area contributed by atoms with Crippen LogP contribution in [0.15, 0.2) is 12.1 Å². The minimum Gasteiger partial charge on any atom is -0.366 e. The van der Waals surface area contributed by atoms with Crippen molar-refractivity contribution in [2.45, 2.75) is 56.7 Å². The lowest BCUT2D eigenvalue weighted by Crippen LogP contribution is -2.45. The van der Waals surface area contributed by atoms with Gasteiger partial charge in [-0.1, -0.05) is 11.6 Å². The van der Waals surface area contributed by atoms with Crippen molar-refractivity contribution < 1.29 is 4.79 Å². The fraction of sp³-hybridized carbons (Fsp3) is 0.647.